The quantitative estimate of drug-likeness (QED) is 0.733. The van der Waals surface area contributed by atoms with Gasteiger partial charge in [-0.3, -0.25) is 9.97 Å². The third-order valence-corrected chi connectivity index (χ3v) is 1.09. The van der Waals surface area contributed by atoms with E-state index in [4.69, 9.17) is 5.41 Å². The number of aromatic nitrogens is 2. The largest absolute Gasteiger partial charge is 0.306 e. The number of rotatable bonds is 2. The third-order valence-electron chi connectivity index (χ3n) is 1.09. The van der Waals surface area contributed by atoms with Gasteiger partial charge in [-0.15, -0.1) is 0 Å². The van der Waals surface area contributed by atoms with Crippen LogP contribution in [0, 0.1) is 5.41 Å². The molecule has 0 saturated carbocycles. The smallest absolute Gasteiger partial charge is 0.106 e. The van der Waals surface area contributed by atoms with E-state index in [9.17, 15) is 0 Å². The molecule has 0 bridgehead atoms. The van der Waals surface area contributed by atoms with Gasteiger partial charge in [-0.25, -0.2) is 0 Å². The summed E-state index contributed by atoms with van der Waals surface area (Å²) in [5, 5.41) is 6.91. The van der Waals surface area contributed by atoms with Crippen LogP contribution in [-0.4, -0.2) is 16.2 Å². The SMILES string of the molecule is C=Cc1nccnc1C=N.CC.CC. The molecule has 0 aliphatic carbocycles. The Morgan fingerprint density at radius 1 is 1.07 bits per heavy atom. The lowest BCUT2D eigenvalue weighted by molar-refractivity contribution is 1.16. The van der Waals surface area contributed by atoms with Gasteiger partial charge in [0.05, 0.1) is 5.69 Å². The summed E-state index contributed by atoms with van der Waals surface area (Å²) in [4.78, 5) is 7.83. The monoisotopic (exact) mass is 193 g/mol. The Morgan fingerprint density at radius 2 is 1.50 bits per heavy atom. The third kappa shape index (κ3) is 5.19. The molecule has 0 saturated heterocycles. The summed E-state index contributed by atoms with van der Waals surface area (Å²) in [5.41, 5.74) is 1.20. The number of nitrogens with one attached hydrogen (secondary N) is 1. The Morgan fingerprint density at radius 3 is 1.79 bits per heavy atom. The van der Waals surface area contributed by atoms with Crippen LogP contribution in [0.1, 0.15) is 39.1 Å². The summed E-state index contributed by atoms with van der Waals surface area (Å²) < 4.78 is 0. The molecule has 78 valence electrons. The van der Waals surface area contributed by atoms with E-state index >= 15 is 0 Å². The maximum atomic E-state index is 6.91. The molecule has 0 spiro atoms. The van der Waals surface area contributed by atoms with Crippen molar-refractivity contribution in [3.05, 3.63) is 30.4 Å². The molecule has 0 radical (unpaired) electrons. The molecule has 0 aliphatic rings. The van der Waals surface area contributed by atoms with Crippen molar-refractivity contribution in [1.29, 1.82) is 5.41 Å². The summed E-state index contributed by atoms with van der Waals surface area (Å²) >= 11 is 0. The fourth-order valence-electron chi connectivity index (χ4n) is 0.628. The van der Waals surface area contributed by atoms with Crippen LogP contribution >= 0.6 is 0 Å². The van der Waals surface area contributed by atoms with Gasteiger partial charge in [0, 0.05) is 18.6 Å². The van der Waals surface area contributed by atoms with Crippen LogP contribution < -0.4 is 0 Å². The van der Waals surface area contributed by atoms with Crippen LogP contribution in [0.2, 0.25) is 0 Å². The first kappa shape index (κ1) is 15.0. The Hall–Kier alpha value is -1.51. The first-order valence-electron chi connectivity index (χ1n) is 4.82. The minimum Gasteiger partial charge on any atom is -0.306 e. The molecule has 0 fully saturated rings. The highest BCUT2D eigenvalue weighted by atomic mass is 14.8. The molecule has 1 heterocycles. The minimum absolute atomic E-state index is 0.553. The molecule has 1 N–H and O–H groups in total. The van der Waals surface area contributed by atoms with Gasteiger partial charge < -0.3 is 5.41 Å². The molecule has 3 heteroatoms. The van der Waals surface area contributed by atoms with Crippen molar-refractivity contribution in [2.75, 3.05) is 0 Å². The Kier molecular flexibility index (Phi) is 12.3. The zero-order valence-electron chi connectivity index (χ0n) is 9.41. The topological polar surface area (TPSA) is 49.6 Å². The highest BCUT2D eigenvalue weighted by Crippen LogP contribution is 1.98. The molecule has 3 nitrogen and oxygen atoms in total. The van der Waals surface area contributed by atoms with Crippen LogP contribution in [0.15, 0.2) is 19.0 Å². The summed E-state index contributed by atoms with van der Waals surface area (Å²) in [6, 6.07) is 0. The van der Waals surface area contributed by atoms with Gasteiger partial charge in [0.15, 0.2) is 0 Å². The molecule has 1 rings (SSSR count). The number of hydrogen-bond donors (Lipinski definition) is 1. The molecular formula is C11H19N3. The van der Waals surface area contributed by atoms with Crippen LogP contribution in [0.25, 0.3) is 6.08 Å². The van der Waals surface area contributed by atoms with E-state index < -0.39 is 0 Å². The van der Waals surface area contributed by atoms with Gasteiger partial charge in [0.1, 0.15) is 5.69 Å². The van der Waals surface area contributed by atoms with E-state index in [1.807, 2.05) is 27.7 Å². The van der Waals surface area contributed by atoms with Gasteiger partial charge in [0.25, 0.3) is 0 Å². The van der Waals surface area contributed by atoms with Crippen molar-refractivity contribution in [2.24, 2.45) is 0 Å². The molecular weight excluding hydrogens is 174 g/mol. The zero-order chi connectivity index (χ0) is 11.4. The van der Waals surface area contributed by atoms with E-state index in [1.165, 1.54) is 0 Å². The molecule has 0 unspecified atom stereocenters. The van der Waals surface area contributed by atoms with Gasteiger partial charge in [-0.1, -0.05) is 34.3 Å². The summed E-state index contributed by atoms with van der Waals surface area (Å²) in [7, 11) is 0. The average Bonchev–Trinajstić information content (AvgIpc) is 2.34. The van der Waals surface area contributed by atoms with Crippen LogP contribution in [-0.2, 0) is 0 Å². The van der Waals surface area contributed by atoms with Crippen molar-refractivity contribution < 1.29 is 0 Å². The van der Waals surface area contributed by atoms with Crippen molar-refractivity contribution in [1.82, 2.24) is 9.97 Å². The zero-order valence-corrected chi connectivity index (χ0v) is 9.41. The van der Waals surface area contributed by atoms with E-state index in [0.29, 0.717) is 11.4 Å². The van der Waals surface area contributed by atoms with Gasteiger partial charge in [-0.05, 0) is 6.08 Å². The molecule has 0 atom stereocenters. The molecule has 14 heavy (non-hydrogen) atoms. The van der Waals surface area contributed by atoms with E-state index in [-0.39, 0.29) is 0 Å². The second kappa shape index (κ2) is 11.5. The maximum Gasteiger partial charge on any atom is 0.106 e. The lowest BCUT2D eigenvalue weighted by Gasteiger charge is -1.93. The molecule has 0 aromatic carbocycles. The minimum atomic E-state index is 0.553. The van der Waals surface area contributed by atoms with Crippen molar-refractivity contribution >= 4 is 12.3 Å². The summed E-state index contributed by atoms with van der Waals surface area (Å²) in [6.07, 6.45) is 5.86. The van der Waals surface area contributed by atoms with Crippen LogP contribution in [0.5, 0.6) is 0 Å². The highest BCUT2D eigenvalue weighted by Gasteiger charge is 1.94. The first-order valence-corrected chi connectivity index (χ1v) is 4.82. The Labute approximate surface area is 86.4 Å². The van der Waals surface area contributed by atoms with Gasteiger partial charge in [0.2, 0.25) is 0 Å². The van der Waals surface area contributed by atoms with Crippen LogP contribution in [0.4, 0.5) is 0 Å². The van der Waals surface area contributed by atoms with Crippen LogP contribution in [0.3, 0.4) is 0 Å². The molecule has 0 aliphatic heterocycles. The Balaban J connectivity index is 0. The fourth-order valence-corrected chi connectivity index (χ4v) is 0.628. The first-order chi connectivity index (χ1) is 6.88. The fraction of sp³-hybridized carbons (Fsp3) is 0.364. The summed E-state index contributed by atoms with van der Waals surface area (Å²) in [6.45, 7) is 11.5. The number of nitrogens with zero attached hydrogens (tertiary/aromatic N) is 2. The normalized spacial score (nSPS) is 7.14. The van der Waals surface area contributed by atoms with Crippen molar-refractivity contribution in [3.8, 4) is 0 Å². The molecule has 1 aromatic heterocycles. The maximum absolute atomic E-state index is 6.91. The lowest BCUT2D eigenvalue weighted by atomic mass is 10.3. The standard InChI is InChI=1S/C7H7N3.2C2H6/c1-2-6-7(5-8)10-4-3-9-6;2*1-2/h2-5,8H,1H2;2*1-2H3. The Bertz CT molecular complexity index is 229. The molecule has 0 amide bonds. The van der Waals surface area contributed by atoms with Gasteiger partial charge >= 0.3 is 0 Å². The van der Waals surface area contributed by atoms with E-state index in [0.717, 1.165) is 6.21 Å². The second-order valence-electron chi connectivity index (χ2n) is 1.68. The highest BCUT2D eigenvalue weighted by molar-refractivity contribution is 5.78. The van der Waals surface area contributed by atoms with Crippen molar-refractivity contribution in [3.63, 3.8) is 0 Å². The van der Waals surface area contributed by atoms with E-state index in [1.54, 1.807) is 18.5 Å². The predicted octanol–water partition coefficient (Wildman–Crippen LogP) is 3.17. The van der Waals surface area contributed by atoms with E-state index in [2.05, 4.69) is 16.5 Å². The summed E-state index contributed by atoms with van der Waals surface area (Å²) in [5.74, 6) is 0. The van der Waals surface area contributed by atoms with Crippen molar-refractivity contribution in [2.45, 2.75) is 27.7 Å². The van der Waals surface area contributed by atoms with Gasteiger partial charge in [-0.2, -0.15) is 0 Å². The average molecular weight is 193 g/mol. The lowest BCUT2D eigenvalue weighted by Crippen LogP contribution is -1.92. The predicted molar refractivity (Wildman–Crippen MR) is 62.7 cm³/mol. The molecule has 1 aromatic rings. The number of hydrogen-bond acceptors (Lipinski definition) is 3. The second-order valence-corrected chi connectivity index (χ2v) is 1.68.